The molecule has 152 valence electrons. The lowest BCUT2D eigenvalue weighted by Crippen LogP contribution is -2.29. The number of sulfonamides is 1. The first kappa shape index (κ1) is 22.0. The highest BCUT2D eigenvalue weighted by Crippen LogP contribution is 2.34. The number of likely N-dealkylation sites (N-methyl/N-ethyl adjacent to an activating group) is 1. The van der Waals surface area contributed by atoms with Crippen LogP contribution in [0.2, 0.25) is 0 Å². The molecule has 0 radical (unpaired) electrons. The van der Waals surface area contributed by atoms with E-state index < -0.39 is 21.7 Å². The highest BCUT2D eigenvalue weighted by atomic mass is 127. The molecule has 0 saturated carbocycles. The Labute approximate surface area is 187 Å². The molecule has 3 rings (SSSR count). The average Bonchev–Trinajstić information content (AvgIpc) is 2.99. The van der Waals surface area contributed by atoms with Crippen LogP contribution in [0.4, 0.5) is 4.39 Å². The highest BCUT2D eigenvalue weighted by molar-refractivity contribution is 14.1. The van der Waals surface area contributed by atoms with Crippen LogP contribution in [-0.4, -0.2) is 30.9 Å². The third-order valence-corrected chi connectivity index (χ3v) is 7.54. The van der Waals surface area contributed by atoms with E-state index in [0.29, 0.717) is 3.57 Å². The van der Waals surface area contributed by atoms with Gasteiger partial charge in [-0.25, -0.2) is 4.39 Å². The predicted molar refractivity (Wildman–Crippen MR) is 123 cm³/mol. The standard InChI is InChI=1S/C20H18FIN2O3S2/c1-3-13-8-10-15(11-9-13)29(26,27)23-20-24(4-2)19(25)17(28-20)12-14-6-5-7-16(22)18(14)21/h5-12H,3-4H2,1-2H3. The minimum absolute atomic E-state index is 0.0624. The number of carbonyl (C=O) groups is 1. The number of carbonyl (C=O) groups excluding carboxylic acids is 1. The normalized spacial score (nSPS) is 17.5. The van der Waals surface area contributed by atoms with Crippen molar-refractivity contribution < 1.29 is 17.6 Å². The van der Waals surface area contributed by atoms with Crippen molar-refractivity contribution in [2.45, 2.75) is 25.2 Å². The molecule has 0 aromatic heterocycles. The van der Waals surface area contributed by atoms with Gasteiger partial charge in [0.2, 0.25) is 0 Å². The van der Waals surface area contributed by atoms with Crippen LogP contribution >= 0.6 is 34.4 Å². The van der Waals surface area contributed by atoms with Gasteiger partial charge in [-0.2, -0.15) is 8.42 Å². The number of benzene rings is 2. The molecule has 0 aliphatic carbocycles. The first-order chi connectivity index (χ1) is 13.8. The SMILES string of the molecule is CCc1ccc(S(=O)(=O)N=C2SC(=Cc3cccc(I)c3F)C(=O)N2CC)cc1. The number of thioether (sulfide) groups is 1. The van der Waals surface area contributed by atoms with E-state index in [9.17, 15) is 17.6 Å². The molecule has 1 amide bonds. The van der Waals surface area contributed by atoms with E-state index in [1.165, 1.54) is 23.1 Å². The number of hydrogen-bond acceptors (Lipinski definition) is 4. The Balaban J connectivity index is 1.97. The van der Waals surface area contributed by atoms with Gasteiger partial charge in [0.05, 0.1) is 9.80 Å². The second-order valence-corrected chi connectivity index (χ2v) is 9.92. The maximum Gasteiger partial charge on any atom is 0.284 e. The van der Waals surface area contributed by atoms with Crippen molar-refractivity contribution in [2.24, 2.45) is 4.40 Å². The van der Waals surface area contributed by atoms with Gasteiger partial charge >= 0.3 is 0 Å². The summed E-state index contributed by atoms with van der Waals surface area (Å²) in [6.07, 6.45) is 2.23. The van der Waals surface area contributed by atoms with E-state index in [0.717, 1.165) is 23.7 Å². The molecule has 0 unspecified atom stereocenters. The fourth-order valence-electron chi connectivity index (χ4n) is 2.68. The summed E-state index contributed by atoms with van der Waals surface area (Å²) in [7, 11) is -3.98. The van der Waals surface area contributed by atoms with Gasteiger partial charge in [-0.1, -0.05) is 31.2 Å². The molecule has 0 N–H and O–H groups in total. The zero-order valence-corrected chi connectivity index (χ0v) is 19.5. The smallest absolute Gasteiger partial charge is 0.284 e. The molecule has 1 aliphatic rings. The van der Waals surface area contributed by atoms with Gasteiger partial charge in [-0.15, -0.1) is 4.40 Å². The fourth-order valence-corrected chi connectivity index (χ4v) is 5.44. The summed E-state index contributed by atoms with van der Waals surface area (Å²) in [5, 5.41) is 0.0642. The van der Waals surface area contributed by atoms with E-state index >= 15 is 0 Å². The molecule has 1 saturated heterocycles. The van der Waals surface area contributed by atoms with Crippen molar-refractivity contribution in [3.63, 3.8) is 0 Å². The van der Waals surface area contributed by atoms with Crippen molar-refractivity contribution in [1.82, 2.24) is 4.90 Å². The van der Waals surface area contributed by atoms with E-state index in [2.05, 4.69) is 4.40 Å². The van der Waals surface area contributed by atoms with Crippen molar-refractivity contribution in [1.29, 1.82) is 0 Å². The number of amidine groups is 1. The average molecular weight is 544 g/mol. The van der Waals surface area contributed by atoms with Crippen LogP contribution < -0.4 is 0 Å². The van der Waals surface area contributed by atoms with E-state index in [-0.39, 0.29) is 27.1 Å². The Morgan fingerprint density at radius 1 is 1.17 bits per heavy atom. The highest BCUT2D eigenvalue weighted by Gasteiger charge is 2.34. The molecule has 0 bridgehead atoms. The fraction of sp³-hybridized carbons (Fsp3) is 0.200. The first-order valence-electron chi connectivity index (χ1n) is 8.86. The Bertz CT molecular complexity index is 1110. The predicted octanol–water partition coefficient (Wildman–Crippen LogP) is 4.67. The molecule has 29 heavy (non-hydrogen) atoms. The van der Waals surface area contributed by atoms with Gasteiger partial charge in [0.1, 0.15) is 5.82 Å². The molecule has 9 heteroatoms. The van der Waals surface area contributed by atoms with Crippen LogP contribution in [0.15, 0.2) is 56.7 Å². The molecule has 5 nitrogen and oxygen atoms in total. The van der Waals surface area contributed by atoms with Crippen molar-refractivity contribution in [3.05, 3.63) is 67.9 Å². The summed E-state index contributed by atoms with van der Waals surface area (Å²) in [4.78, 5) is 14.3. The minimum atomic E-state index is -3.98. The van der Waals surface area contributed by atoms with Crippen molar-refractivity contribution in [3.8, 4) is 0 Å². The summed E-state index contributed by atoms with van der Waals surface area (Å²) in [5.74, 6) is -0.822. The van der Waals surface area contributed by atoms with Crippen LogP contribution in [-0.2, 0) is 21.2 Å². The lowest BCUT2D eigenvalue weighted by molar-refractivity contribution is -0.122. The van der Waals surface area contributed by atoms with Crippen molar-refractivity contribution >= 4 is 61.5 Å². The molecular formula is C20H18FIN2O3S2. The van der Waals surface area contributed by atoms with Crippen LogP contribution in [0.5, 0.6) is 0 Å². The zero-order chi connectivity index (χ0) is 21.2. The maximum atomic E-state index is 14.3. The Morgan fingerprint density at radius 3 is 2.48 bits per heavy atom. The molecule has 0 atom stereocenters. The second-order valence-electron chi connectivity index (χ2n) is 6.15. The number of hydrogen-bond donors (Lipinski definition) is 0. The number of rotatable bonds is 5. The van der Waals surface area contributed by atoms with Crippen LogP contribution in [0.25, 0.3) is 6.08 Å². The monoisotopic (exact) mass is 544 g/mol. The van der Waals surface area contributed by atoms with Gasteiger partial charge in [0.25, 0.3) is 15.9 Å². The first-order valence-corrected chi connectivity index (χ1v) is 12.2. The summed E-state index contributed by atoms with van der Waals surface area (Å²) < 4.78 is 44.0. The van der Waals surface area contributed by atoms with Crippen LogP contribution in [0.1, 0.15) is 25.0 Å². The van der Waals surface area contributed by atoms with Gasteiger partial charge < -0.3 is 0 Å². The lowest BCUT2D eigenvalue weighted by Gasteiger charge is -2.12. The lowest BCUT2D eigenvalue weighted by atomic mass is 10.2. The molecular weight excluding hydrogens is 526 g/mol. The van der Waals surface area contributed by atoms with E-state index in [1.54, 1.807) is 37.3 Å². The zero-order valence-electron chi connectivity index (χ0n) is 15.7. The number of aryl methyl sites for hydroxylation is 1. The molecule has 1 heterocycles. The second kappa shape index (κ2) is 8.97. The third-order valence-electron chi connectivity index (χ3n) is 4.30. The molecule has 0 spiro atoms. The third kappa shape index (κ3) is 4.72. The molecule has 1 aliphatic heterocycles. The molecule has 1 fully saturated rings. The number of amides is 1. The number of halogens is 2. The summed E-state index contributed by atoms with van der Waals surface area (Å²) in [6, 6.07) is 11.4. The summed E-state index contributed by atoms with van der Waals surface area (Å²) in [6.45, 7) is 3.96. The summed E-state index contributed by atoms with van der Waals surface area (Å²) in [5.41, 5.74) is 1.28. The van der Waals surface area contributed by atoms with Gasteiger partial charge in [0, 0.05) is 15.7 Å². The molecule has 2 aromatic carbocycles. The Morgan fingerprint density at radius 2 is 1.86 bits per heavy atom. The van der Waals surface area contributed by atoms with Crippen LogP contribution in [0, 0.1) is 9.39 Å². The topological polar surface area (TPSA) is 66.8 Å². The maximum absolute atomic E-state index is 14.3. The molecule has 2 aromatic rings. The Kier molecular flexibility index (Phi) is 6.79. The minimum Gasteiger partial charge on any atom is -0.286 e. The Hall–Kier alpha value is -1.72. The van der Waals surface area contributed by atoms with Gasteiger partial charge in [-0.3, -0.25) is 9.69 Å². The van der Waals surface area contributed by atoms with E-state index in [4.69, 9.17) is 0 Å². The van der Waals surface area contributed by atoms with Crippen molar-refractivity contribution in [2.75, 3.05) is 6.54 Å². The largest absolute Gasteiger partial charge is 0.286 e. The van der Waals surface area contributed by atoms with Gasteiger partial charge in [-0.05, 0) is 77.5 Å². The summed E-state index contributed by atoms with van der Waals surface area (Å²) >= 11 is 2.81. The quantitative estimate of drug-likeness (QED) is 0.406. The van der Waals surface area contributed by atoms with Crippen LogP contribution in [0.3, 0.4) is 0 Å². The van der Waals surface area contributed by atoms with E-state index in [1.807, 2.05) is 29.5 Å². The van der Waals surface area contributed by atoms with Gasteiger partial charge in [0.15, 0.2) is 5.17 Å². The number of nitrogens with zero attached hydrogens (tertiary/aromatic N) is 2.